The molecule has 0 bridgehead atoms. The van der Waals surface area contributed by atoms with E-state index in [2.05, 4.69) is 15.2 Å². The number of aromatic nitrogens is 1. The van der Waals surface area contributed by atoms with Crippen LogP contribution in [-0.2, 0) is 26.2 Å². The van der Waals surface area contributed by atoms with Crippen molar-refractivity contribution in [3.05, 3.63) is 65.7 Å². The van der Waals surface area contributed by atoms with E-state index in [-0.39, 0.29) is 43.8 Å². The van der Waals surface area contributed by atoms with Crippen molar-refractivity contribution in [2.24, 2.45) is 5.92 Å². The fraction of sp³-hybridized carbons (Fsp3) is 0.414. The molecular formula is C29H41FN4O5S. The molecule has 3 rings (SSSR count). The number of rotatable bonds is 12. The molecule has 1 aromatic heterocycles. The highest BCUT2D eigenvalue weighted by Crippen LogP contribution is 2.30. The van der Waals surface area contributed by atoms with Gasteiger partial charge in [0, 0.05) is 27.4 Å². The lowest BCUT2D eigenvalue weighted by Gasteiger charge is -2.34. The van der Waals surface area contributed by atoms with Gasteiger partial charge in [0.1, 0.15) is 6.04 Å². The summed E-state index contributed by atoms with van der Waals surface area (Å²) in [6.07, 6.45) is 0.974. The van der Waals surface area contributed by atoms with Crippen LogP contribution >= 0.6 is 0 Å². The van der Waals surface area contributed by atoms with Gasteiger partial charge in [0.15, 0.2) is 5.76 Å². The number of nitrogens with zero attached hydrogens (tertiary/aromatic N) is 2. The van der Waals surface area contributed by atoms with E-state index in [0.29, 0.717) is 24.0 Å². The Hall–Kier alpha value is -3.73. The molecule has 0 fully saturated rings. The van der Waals surface area contributed by atoms with Crippen LogP contribution in [0.25, 0.3) is 11.1 Å². The van der Waals surface area contributed by atoms with E-state index < -0.39 is 27.7 Å². The van der Waals surface area contributed by atoms with E-state index in [4.69, 9.17) is 4.52 Å². The van der Waals surface area contributed by atoms with E-state index in [1.807, 2.05) is 34.6 Å². The summed E-state index contributed by atoms with van der Waals surface area (Å²) in [6, 6.07) is 12.8. The van der Waals surface area contributed by atoms with Crippen molar-refractivity contribution in [1.82, 2.24) is 15.4 Å². The zero-order chi connectivity index (χ0) is 29.6. The van der Waals surface area contributed by atoms with Gasteiger partial charge in [-0.05, 0) is 50.3 Å². The standard InChI is InChI=1S/C29H37FN4O5S.2H2/c1-7-10-25(35)34(27(18(2)3)29(36)31-19(4)5)17-21-13-15-22(16-14-21)23-11-8-9-12-24(23)40(37,38)33-28-26(30)20(6)39-32-28;;/h8-9,11-16,18-19,27H,7,10,17H2,1-6H3,(H,31,36)(H,32,33);2*1H/t27-;;/m0../s1. The van der Waals surface area contributed by atoms with Crippen LogP contribution in [0.2, 0.25) is 0 Å². The number of anilines is 1. The Morgan fingerprint density at radius 1 is 1.07 bits per heavy atom. The molecule has 3 aromatic rings. The average Bonchev–Trinajstić information content (AvgIpc) is 3.20. The number of hydrogen-bond donors (Lipinski definition) is 2. The zero-order valence-electron chi connectivity index (χ0n) is 23.7. The number of amides is 2. The first-order valence-corrected chi connectivity index (χ1v) is 14.8. The lowest BCUT2D eigenvalue weighted by atomic mass is 9.98. The molecule has 0 saturated carbocycles. The molecular weight excluding hydrogens is 535 g/mol. The number of benzene rings is 2. The summed E-state index contributed by atoms with van der Waals surface area (Å²) in [5, 5.41) is 6.38. The summed E-state index contributed by atoms with van der Waals surface area (Å²) >= 11 is 0. The third-order valence-electron chi connectivity index (χ3n) is 6.27. The molecule has 0 aliphatic rings. The van der Waals surface area contributed by atoms with Gasteiger partial charge in [-0.2, -0.15) is 4.39 Å². The molecule has 220 valence electrons. The Morgan fingerprint density at radius 2 is 1.73 bits per heavy atom. The SMILES string of the molecule is CCCC(=O)N(Cc1ccc(-c2ccccc2S(=O)(=O)Nc2noc(C)c2F)cc1)[C@H](C(=O)NC(C)C)C(C)C.[HH].[HH]. The summed E-state index contributed by atoms with van der Waals surface area (Å²) in [5.74, 6) is -1.94. The monoisotopic (exact) mass is 576 g/mol. The third-order valence-corrected chi connectivity index (χ3v) is 7.66. The molecule has 0 aliphatic carbocycles. The number of halogens is 1. The second kappa shape index (κ2) is 13.1. The Balaban J connectivity index is 0.00000441. The first kappa shape index (κ1) is 30.8. The van der Waals surface area contributed by atoms with Crippen molar-refractivity contribution in [1.29, 1.82) is 0 Å². The molecule has 11 heteroatoms. The van der Waals surface area contributed by atoms with Gasteiger partial charge in [-0.1, -0.05) is 68.4 Å². The average molecular weight is 577 g/mol. The highest BCUT2D eigenvalue weighted by Gasteiger charge is 2.32. The topological polar surface area (TPSA) is 122 Å². The quantitative estimate of drug-likeness (QED) is 0.283. The number of carbonyl (C=O) groups excluding carboxylic acids is 2. The van der Waals surface area contributed by atoms with Gasteiger partial charge in [-0.25, -0.2) is 8.42 Å². The first-order valence-electron chi connectivity index (χ1n) is 13.3. The summed E-state index contributed by atoms with van der Waals surface area (Å²) in [4.78, 5) is 27.8. The molecule has 1 heterocycles. The summed E-state index contributed by atoms with van der Waals surface area (Å²) in [5.41, 5.74) is 1.79. The van der Waals surface area contributed by atoms with Crippen LogP contribution in [0.3, 0.4) is 0 Å². The predicted octanol–water partition coefficient (Wildman–Crippen LogP) is 5.76. The van der Waals surface area contributed by atoms with Crippen molar-refractivity contribution in [3.8, 4) is 11.1 Å². The summed E-state index contributed by atoms with van der Waals surface area (Å²) < 4.78 is 47.3. The van der Waals surface area contributed by atoms with Gasteiger partial charge < -0.3 is 14.7 Å². The lowest BCUT2D eigenvalue weighted by molar-refractivity contribution is -0.143. The van der Waals surface area contributed by atoms with Gasteiger partial charge in [0.25, 0.3) is 10.0 Å². The van der Waals surface area contributed by atoms with Crippen molar-refractivity contribution in [2.75, 3.05) is 4.72 Å². The molecule has 0 spiro atoms. The van der Waals surface area contributed by atoms with Crippen LogP contribution in [0.15, 0.2) is 57.9 Å². The minimum atomic E-state index is -4.20. The highest BCUT2D eigenvalue weighted by molar-refractivity contribution is 7.92. The van der Waals surface area contributed by atoms with E-state index in [1.165, 1.54) is 13.0 Å². The van der Waals surface area contributed by atoms with Crippen LogP contribution in [-0.4, -0.2) is 42.4 Å². The minimum absolute atomic E-state index is 0. The number of carbonyl (C=O) groups is 2. The molecule has 9 nitrogen and oxygen atoms in total. The predicted molar refractivity (Wildman–Crippen MR) is 155 cm³/mol. The first-order chi connectivity index (χ1) is 18.9. The molecule has 2 amide bonds. The Bertz CT molecular complexity index is 1450. The maximum absolute atomic E-state index is 14.2. The van der Waals surface area contributed by atoms with E-state index in [1.54, 1.807) is 47.4 Å². The van der Waals surface area contributed by atoms with Crippen molar-refractivity contribution in [3.63, 3.8) is 0 Å². The van der Waals surface area contributed by atoms with Gasteiger partial charge >= 0.3 is 0 Å². The van der Waals surface area contributed by atoms with Gasteiger partial charge in [0.2, 0.25) is 23.4 Å². The van der Waals surface area contributed by atoms with Gasteiger partial charge in [-0.3, -0.25) is 14.3 Å². The Kier molecular flexibility index (Phi) is 10.1. The summed E-state index contributed by atoms with van der Waals surface area (Å²) in [7, 11) is -4.20. The van der Waals surface area contributed by atoms with Gasteiger partial charge in [-0.15, -0.1) is 0 Å². The van der Waals surface area contributed by atoms with E-state index in [9.17, 15) is 22.4 Å². The van der Waals surface area contributed by atoms with Crippen LogP contribution in [0, 0.1) is 18.7 Å². The normalized spacial score (nSPS) is 12.4. The van der Waals surface area contributed by atoms with Gasteiger partial charge in [0.05, 0.1) is 4.90 Å². The molecule has 40 heavy (non-hydrogen) atoms. The maximum Gasteiger partial charge on any atom is 0.263 e. The molecule has 0 aliphatic heterocycles. The molecule has 0 saturated heterocycles. The number of nitrogens with one attached hydrogen (secondary N) is 2. The van der Waals surface area contributed by atoms with Crippen molar-refractivity contribution >= 4 is 27.7 Å². The Morgan fingerprint density at radius 3 is 2.27 bits per heavy atom. The fourth-order valence-corrected chi connectivity index (χ4v) is 5.63. The number of hydrogen-bond acceptors (Lipinski definition) is 6. The van der Waals surface area contributed by atoms with E-state index in [0.717, 1.165) is 5.56 Å². The largest absolute Gasteiger partial charge is 0.356 e. The molecule has 2 aromatic carbocycles. The van der Waals surface area contributed by atoms with Crippen molar-refractivity contribution in [2.45, 2.75) is 77.9 Å². The van der Waals surface area contributed by atoms with Crippen molar-refractivity contribution < 1.29 is 29.8 Å². The molecule has 0 radical (unpaired) electrons. The minimum Gasteiger partial charge on any atom is -0.356 e. The summed E-state index contributed by atoms with van der Waals surface area (Å²) in [6.45, 7) is 11.1. The second-order valence-corrected chi connectivity index (χ2v) is 12.0. The van der Waals surface area contributed by atoms with Crippen LogP contribution in [0.4, 0.5) is 10.2 Å². The Labute approximate surface area is 238 Å². The molecule has 2 N–H and O–H groups in total. The molecule has 1 atom stereocenters. The van der Waals surface area contributed by atoms with Crippen LogP contribution < -0.4 is 10.0 Å². The number of sulfonamides is 1. The smallest absolute Gasteiger partial charge is 0.263 e. The van der Waals surface area contributed by atoms with Crippen LogP contribution in [0.1, 0.15) is 61.6 Å². The zero-order valence-corrected chi connectivity index (χ0v) is 24.5. The van der Waals surface area contributed by atoms with Crippen LogP contribution in [0.5, 0.6) is 0 Å². The fourth-order valence-electron chi connectivity index (χ4n) is 4.41. The second-order valence-electron chi connectivity index (χ2n) is 10.3. The lowest BCUT2D eigenvalue weighted by Crippen LogP contribution is -2.53. The maximum atomic E-state index is 14.2. The third kappa shape index (κ3) is 7.26. The molecule has 0 unspecified atom stereocenters. The number of aryl methyl sites for hydroxylation is 1. The van der Waals surface area contributed by atoms with E-state index >= 15 is 0 Å². The highest BCUT2D eigenvalue weighted by atomic mass is 32.2.